The van der Waals surface area contributed by atoms with Crippen molar-refractivity contribution in [3.63, 3.8) is 0 Å². The molecule has 180 valence electrons. The topological polar surface area (TPSA) is 101 Å². The van der Waals surface area contributed by atoms with Gasteiger partial charge in [0.25, 0.3) is 10.2 Å². The van der Waals surface area contributed by atoms with Crippen LogP contribution >= 0.6 is 0 Å². The van der Waals surface area contributed by atoms with Gasteiger partial charge in [-0.05, 0) is 54.2 Å². The lowest BCUT2D eigenvalue weighted by Crippen LogP contribution is -2.49. The second-order valence-electron chi connectivity index (χ2n) is 9.50. The highest BCUT2D eigenvalue weighted by molar-refractivity contribution is 7.87. The molecule has 1 fully saturated rings. The Morgan fingerprint density at radius 3 is 2.48 bits per heavy atom. The van der Waals surface area contributed by atoms with Crippen LogP contribution in [0.2, 0.25) is 0 Å². The number of rotatable bonds is 8. The third-order valence-corrected chi connectivity index (χ3v) is 7.55. The number of benzene rings is 2. The average molecular weight is 472 g/mol. The molecule has 0 aromatic heterocycles. The standard InChI is InChI=1S/C26H37N3O3S/c1-3-28-25(30)23-15-8-5-9-16-26(2,19-29-33(27,31)32)24(23)18-20-11-10-14-22(17-20)21-12-6-4-7-13-21/h4,6-7,10-14,17,23-24,29H,3,5,8-9,15-16,18-19H2,1-2H3,(H,28,30)(H2,27,31,32)/t23?,24-,26+/m0/s1. The summed E-state index contributed by atoms with van der Waals surface area (Å²) in [5.74, 6) is -0.145. The fourth-order valence-corrected chi connectivity index (χ4v) is 5.73. The van der Waals surface area contributed by atoms with Gasteiger partial charge in [-0.1, -0.05) is 80.8 Å². The zero-order valence-electron chi connectivity index (χ0n) is 19.7. The van der Waals surface area contributed by atoms with E-state index in [-0.39, 0.29) is 24.3 Å². The number of nitrogens with two attached hydrogens (primary N) is 1. The first-order valence-electron chi connectivity index (χ1n) is 11.9. The van der Waals surface area contributed by atoms with Crippen molar-refractivity contribution in [3.8, 4) is 11.1 Å². The van der Waals surface area contributed by atoms with E-state index in [1.165, 1.54) is 0 Å². The van der Waals surface area contributed by atoms with Gasteiger partial charge in [-0.3, -0.25) is 4.79 Å². The van der Waals surface area contributed by atoms with Crippen LogP contribution in [0.25, 0.3) is 11.1 Å². The summed E-state index contributed by atoms with van der Waals surface area (Å²) in [6.45, 7) is 4.85. The van der Waals surface area contributed by atoms with Crippen LogP contribution in [0.3, 0.4) is 0 Å². The quantitative estimate of drug-likeness (QED) is 0.542. The highest BCUT2D eigenvalue weighted by Gasteiger charge is 2.42. The minimum absolute atomic E-state index is 0.0235. The molecule has 6 nitrogen and oxygen atoms in total. The van der Waals surface area contributed by atoms with Gasteiger partial charge in [-0.25, -0.2) is 9.86 Å². The molecule has 0 heterocycles. The highest BCUT2D eigenvalue weighted by atomic mass is 32.2. The van der Waals surface area contributed by atoms with Gasteiger partial charge in [0.15, 0.2) is 0 Å². The summed E-state index contributed by atoms with van der Waals surface area (Å²) in [6.07, 6.45) is 5.39. The van der Waals surface area contributed by atoms with Gasteiger partial charge in [-0.2, -0.15) is 8.42 Å². The lowest BCUT2D eigenvalue weighted by Gasteiger charge is -2.43. The lowest BCUT2D eigenvalue weighted by atomic mass is 9.63. The van der Waals surface area contributed by atoms with Crippen molar-refractivity contribution < 1.29 is 13.2 Å². The van der Waals surface area contributed by atoms with Crippen LogP contribution in [0.15, 0.2) is 54.6 Å². The van der Waals surface area contributed by atoms with Crippen molar-refractivity contribution in [2.45, 2.75) is 52.4 Å². The minimum atomic E-state index is -3.82. The number of amides is 1. The van der Waals surface area contributed by atoms with Gasteiger partial charge in [0, 0.05) is 19.0 Å². The van der Waals surface area contributed by atoms with Gasteiger partial charge in [0.2, 0.25) is 5.91 Å². The van der Waals surface area contributed by atoms with Gasteiger partial charge < -0.3 is 5.32 Å². The second kappa shape index (κ2) is 11.3. The van der Waals surface area contributed by atoms with Gasteiger partial charge in [0.1, 0.15) is 0 Å². The maximum atomic E-state index is 13.2. The smallest absolute Gasteiger partial charge is 0.274 e. The fourth-order valence-electron chi connectivity index (χ4n) is 5.20. The van der Waals surface area contributed by atoms with Crippen molar-refractivity contribution in [2.24, 2.45) is 22.4 Å². The predicted molar refractivity (Wildman–Crippen MR) is 134 cm³/mol. The third-order valence-electron chi connectivity index (χ3n) is 7.00. The summed E-state index contributed by atoms with van der Waals surface area (Å²) in [7, 11) is -3.82. The van der Waals surface area contributed by atoms with Crippen LogP contribution in [-0.4, -0.2) is 27.4 Å². The Balaban J connectivity index is 1.98. The number of hydrogen-bond donors (Lipinski definition) is 3. The molecular weight excluding hydrogens is 434 g/mol. The van der Waals surface area contributed by atoms with Crippen molar-refractivity contribution in [1.82, 2.24) is 10.0 Å². The van der Waals surface area contributed by atoms with E-state index in [1.807, 2.05) is 25.1 Å². The fraction of sp³-hybridized carbons (Fsp3) is 0.500. The molecule has 1 amide bonds. The molecule has 0 bridgehead atoms. The monoisotopic (exact) mass is 471 g/mol. The van der Waals surface area contributed by atoms with Crippen LogP contribution in [-0.2, 0) is 21.4 Å². The zero-order chi connectivity index (χ0) is 23.9. The highest BCUT2D eigenvalue weighted by Crippen LogP contribution is 2.44. The first-order valence-corrected chi connectivity index (χ1v) is 13.5. The van der Waals surface area contributed by atoms with E-state index in [9.17, 15) is 13.2 Å². The van der Waals surface area contributed by atoms with E-state index < -0.39 is 15.6 Å². The summed E-state index contributed by atoms with van der Waals surface area (Å²) < 4.78 is 26.0. The van der Waals surface area contributed by atoms with Crippen molar-refractivity contribution in [2.75, 3.05) is 13.1 Å². The van der Waals surface area contributed by atoms with Crippen LogP contribution in [0.1, 0.15) is 51.5 Å². The molecule has 0 aliphatic heterocycles. The molecular formula is C26H37N3O3S. The van der Waals surface area contributed by atoms with Crippen LogP contribution in [0.5, 0.6) is 0 Å². The van der Waals surface area contributed by atoms with E-state index in [4.69, 9.17) is 5.14 Å². The number of hydrogen-bond acceptors (Lipinski definition) is 3. The summed E-state index contributed by atoms with van der Waals surface area (Å²) in [5.41, 5.74) is 3.04. The molecule has 2 aromatic carbocycles. The van der Waals surface area contributed by atoms with Crippen molar-refractivity contribution in [3.05, 3.63) is 60.2 Å². The third kappa shape index (κ3) is 7.13. The molecule has 1 aliphatic carbocycles. The van der Waals surface area contributed by atoms with Gasteiger partial charge in [-0.15, -0.1) is 0 Å². The molecule has 3 atom stereocenters. The largest absolute Gasteiger partial charge is 0.356 e. The van der Waals surface area contributed by atoms with E-state index in [0.29, 0.717) is 13.0 Å². The molecule has 2 aromatic rings. The number of nitrogens with one attached hydrogen (secondary N) is 2. The normalized spacial score (nSPS) is 24.0. The van der Waals surface area contributed by atoms with Crippen LogP contribution in [0.4, 0.5) is 0 Å². The van der Waals surface area contributed by atoms with Crippen LogP contribution in [0, 0.1) is 17.3 Å². The predicted octanol–water partition coefficient (Wildman–Crippen LogP) is 4.03. The molecule has 0 saturated heterocycles. The van der Waals surface area contributed by atoms with E-state index in [1.54, 1.807) is 0 Å². The summed E-state index contributed by atoms with van der Waals surface area (Å²) in [4.78, 5) is 13.2. The molecule has 33 heavy (non-hydrogen) atoms. The van der Waals surface area contributed by atoms with E-state index in [2.05, 4.69) is 53.4 Å². The molecule has 1 saturated carbocycles. The second-order valence-corrected chi connectivity index (χ2v) is 10.9. The van der Waals surface area contributed by atoms with E-state index in [0.717, 1.165) is 48.8 Å². The molecule has 4 N–H and O–H groups in total. The minimum Gasteiger partial charge on any atom is -0.356 e. The lowest BCUT2D eigenvalue weighted by molar-refractivity contribution is -0.129. The number of carbonyl (C=O) groups is 1. The van der Waals surface area contributed by atoms with Gasteiger partial charge in [0.05, 0.1) is 0 Å². The maximum absolute atomic E-state index is 13.2. The zero-order valence-corrected chi connectivity index (χ0v) is 20.5. The SMILES string of the molecule is CCNC(=O)C1CCCCC[C@](C)(CNS(N)(=O)=O)[C@H]1Cc1cccc(-c2ccccc2)c1. The Morgan fingerprint density at radius 2 is 1.79 bits per heavy atom. The summed E-state index contributed by atoms with van der Waals surface area (Å²) in [5, 5.41) is 8.31. The first-order chi connectivity index (χ1) is 15.7. The Labute approximate surface area is 198 Å². The molecule has 1 unspecified atom stereocenters. The summed E-state index contributed by atoms with van der Waals surface area (Å²) in [6, 6.07) is 18.7. The van der Waals surface area contributed by atoms with Crippen molar-refractivity contribution in [1.29, 1.82) is 0 Å². The number of carbonyl (C=O) groups excluding carboxylic acids is 1. The van der Waals surface area contributed by atoms with Crippen molar-refractivity contribution >= 4 is 16.1 Å². The average Bonchev–Trinajstić information content (AvgIpc) is 2.78. The first kappa shape index (κ1) is 25.4. The molecule has 3 rings (SSSR count). The molecule has 0 spiro atoms. The Bertz CT molecular complexity index is 1030. The molecule has 0 radical (unpaired) electrons. The van der Waals surface area contributed by atoms with Crippen LogP contribution < -0.4 is 15.2 Å². The molecule has 7 heteroatoms. The molecule has 1 aliphatic rings. The Morgan fingerprint density at radius 1 is 1.06 bits per heavy atom. The Kier molecular flexibility index (Phi) is 8.68. The Hall–Kier alpha value is -2.22. The summed E-state index contributed by atoms with van der Waals surface area (Å²) >= 11 is 0. The maximum Gasteiger partial charge on any atom is 0.274 e. The van der Waals surface area contributed by atoms with E-state index >= 15 is 0 Å². The van der Waals surface area contributed by atoms with Gasteiger partial charge >= 0.3 is 0 Å².